The molecular formula is C26H28F6N6O6S. The lowest BCUT2D eigenvalue weighted by Gasteiger charge is -2.48. The number of carbonyl (C=O) groups is 3. The number of aryl methyl sites for hydroxylation is 1. The Labute approximate surface area is 255 Å². The molecule has 5 heterocycles. The number of pyridine rings is 1. The fourth-order valence-corrected chi connectivity index (χ4v) is 5.74. The van der Waals surface area contributed by atoms with Gasteiger partial charge in [-0.15, -0.1) is 21.5 Å². The van der Waals surface area contributed by atoms with Gasteiger partial charge in [0.25, 0.3) is 0 Å². The summed E-state index contributed by atoms with van der Waals surface area (Å²) in [6, 6.07) is 8.34. The summed E-state index contributed by atoms with van der Waals surface area (Å²) in [6.45, 7) is 6.03. The third-order valence-corrected chi connectivity index (χ3v) is 7.81. The maximum Gasteiger partial charge on any atom is 0.490 e. The molecule has 1 fully saturated rings. The number of halogens is 6. The van der Waals surface area contributed by atoms with Gasteiger partial charge in [-0.2, -0.15) is 26.3 Å². The number of amides is 1. The number of aromatic nitrogens is 4. The molecule has 0 atom stereocenters. The first-order valence-corrected chi connectivity index (χ1v) is 13.8. The first-order chi connectivity index (χ1) is 21.0. The predicted molar refractivity (Wildman–Crippen MR) is 145 cm³/mol. The monoisotopic (exact) mass is 666 g/mol. The van der Waals surface area contributed by atoms with Gasteiger partial charge in [0.05, 0.1) is 19.2 Å². The summed E-state index contributed by atoms with van der Waals surface area (Å²) in [6.07, 6.45) is -5.05. The largest absolute Gasteiger partial charge is 0.490 e. The Bertz CT molecular complexity index is 1450. The van der Waals surface area contributed by atoms with Crippen LogP contribution in [0.1, 0.15) is 28.4 Å². The zero-order valence-corrected chi connectivity index (χ0v) is 24.6. The molecule has 1 amide bonds. The minimum absolute atomic E-state index is 0.252. The molecule has 0 aromatic carbocycles. The van der Waals surface area contributed by atoms with Crippen LogP contribution < -0.4 is 0 Å². The molecular weight excluding hydrogens is 638 g/mol. The highest BCUT2D eigenvalue weighted by molar-refractivity contribution is 7.11. The number of piperidine rings is 1. The lowest BCUT2D eigenvalue weighted by atomic mass is 9.84. The number of likely N-dealkylation sites (tertiary alicyclic amines) is 1. The van der Waals surface area contributed by atoms with E-state index in [9.17, 15) is 31.1 Å². The number of hydrogen-bond donors (Lipinski definition) is 2. The van der Waals surface area contributed by atoms with Crippen molar-refractivity contribution in [2.75, 3.05) is 26.7 Å². The molecule has 0 radical (unpaired) electrons. The Morgan fingerprint density at radius 3 is 2.07 bits per heavy atom. The average Bonchev–Trinajstić information content (AvgIpc) is 3.60. The smallest absolute Gasteiger partial charge is 0.475 e. The van der Waals surface area contributed by atoms with E-state index in [4.69, 9.17) is 24.5 Å². The van der Waals surface area contributed by atoms with Crippen LogP contribution in [0.3, 0.4) is 0 Å². The maximum absolute atomic E-state index is 12.4. The van der Waals surface area contributed by atoms with Gasteiger partial charge in [0.2, 0.25) is 0 Å². The summed E-state index contributed by atoms with van der Waals surface area (Å²) >= 11 is 1.86. The van der Waals surface area contributed by atoms with E-state index in [1.807, 2.05) is 29.7 Å². The van der Waals surface area contributed by atoms with E-state index < -0.39 is 24.3 Å². The van der Waals surface area contributed by atoms with Crippen LogP contribution in [0, 0.1) is 6.92 Å². The molecule has 5 rings (SSSR count). The summed E-state index contributed by atoms with van der Waals surface area (Å²) in [7, 11) is 1.43. The third kappa shape index (κ3) is 9.13. The Hall–Kier alpha value is -4.26. The molecule has 45 heavy (non-hydrogen) atoms. The lowest BCUT2D eigenvalue weighted by Crippen LogP contribution is -2.56. The van der Waals surface area contributed by atoms with E-state index >= 15 is 0 Å². The van der Waals surface area contributed by atoms with Gasteiger partial charge in [0, 0.05) is 53.9 Å². The quantitative estimate of drug-likeness (QED) is 0.381. The number of fused-ring (bicyclic) bond motifs is 2. The van der Waals surface area contributed by atoms with Crippen LogP contribution >= 0.6 is 11.3 Å². The minimum atomic E-state index is -5.08. The van der Waals surface area contributed by atoms with Crippen LogP contribution in [-0.4, -0.2) is 96.9 Å². The molecule has 0 bridgehead atoms. The number of rotatable bonds is 3. The number of aliphatic carboxylic acids is 2. The highest BCUT2D eigenvalue weighted by atomic mass is 32.1. The second-order valence-electron chi connectivity index (χ2n) is 9.96. The zero-order valence-electron chi connectivity index (χ0n) is 23.8. The van der Waals surface area contributed by atoms with Crippen molar-refractivity contribution in [1.29, 1.82) is 0 Å². The molecule has 0 unspecified atom stereocenters. The highest BCUT2D eigenvalue weighted by Gasteiger charge is 2.46. The van der Waals surface area contributed by atoms with Crippen LogP contribution in [0.15, 0.2) is 36.7 Å². The highest BCUT2D eigenvalue weighted by Crippen LogP contribution is 2.39. The summed E-state index contributed by atoms with van der Waals surface area (Å²) in [4.78, 5) is 41.5. The molecule has 0 saturated carbocycles. The zero-order chi connectivity index (χ0) is 33.6. The molecule has 12 nitrogen and oxygen atoms in total. The number of carboxylic acid groups (broad SMARTS) is 2. The van der Waals surface area contributed by atoms with Crippen molar-refractivity contribution in [3.8, 4) is 11.4 Å². The first-order valence-electron chi connectivity index (χ1n) is 13.0. The summed E-state index contributed by atoms with van der Waals surface area (Å²) in [5.41, 5.74) is 0.696. The first kappa shape index (κ1) is 35.2. The third-order valence-electron chi connectivity index (χ3n) is 6.82. The lowest BCUT2D eigenvalue weighted by molar-refractivity contribution is -0.193. The predicted octanol–water partition coefficient (Wildman–Crippen LogP) is 4.55. The van der Waals surface area contributed by atoms with Gasteiger partial charge in [-0.1, -0.05) is 0 Å². The Morgan fingerprint density at radius 2 is 1.60 bits per heavy atom. The van der Waals surface area contributed by atoms with Crippen LogP contribution in [0.4, 0.5) is 31.1 Å². The van der Waals surface area contributed by atoms with Crippen molar-refractivity contribution in [3.63, 3.8) is 0 Å². The standard InChI is InChI=1S/C22H26N6O2S.2C2HF3O2/c1-16-5-6-18(31-16)13-26-10-7-22(8-11-26)15-27(21(29)30-2)14-19-24-25-20(28(19)22)17-4-3-9-23-12-17;2*3-2(4,5)1(6)7/h3-6,9,12H,7-8,10-11,13-15H2,1-2H3;2*(H,6,7). The number of carbonyl (C=O) groups excluding carboxylic acids is 1. The van der Waals surface area contributed by atoms with Crippen molar-refractivity contribution in [2.45, 2.75) is 50.7 Å². The molecule has 19 heteroatoms. The van der Waals surface area contributed by atoms with Gasteiger partial charge in [0.1, 0.15) is 0 Å². The number of carboxylic acids is 2. The number of nitrogens with zero attached hydrogens (tertiary/aromatic N) is 6. The molecule has 246 valence electrons. The van der Waals surface area contributed by atoms with Gasteiger partial charge in [0.15, 0.2) is 11.6 Å². The Balaban J connectivity index is 0.000000331. The molecule has 2 aliphatic heterocycles. The fourth-order valence-electron chi connectivity index (χ4n) is 4.81. The maximum atomic E-state index is 12.4. The van der Waals surface area contributed by atoms with Crippen molar-refractivity contribution < 1.29 is 55.7 Å². The van der Waals surface area contributed by atoms with Crippen molar-refractivity contribution in [3.05, 3.63) is 52.2 Å². The van der Waals surface area contributed by atoms with E-state index in [-0.39, 0.29) is 11.6 Å². The molecule has 2 N–H and O–H groups in total. The van der Waals surface area contributed by atoms with Crippen molar-refractivity contribution >= 4 is 29.4 Å². The molecule has 2 aliphatic rings. The minimum Gasteiger partial charge on any atom is -0.475 e. The Kier molecular flexibility index (Phi) is 11.1. The second kappa shape index (κ2) is 14.2. The van der Waals surface area contributed by atoms with E-state index in [1.54, 1.807) is 11.1 Å². The molecule has 1 saturated heterocycles. The van der Waals surface area contributed by atoms with Crippen molar-refractivity contribution in [2.24, 2.45) is 0 Å². The average molecular weight is 667 g/mol. The normalized spacial score (nSPS) is 16.0. The van der Waals surface area contributed by atoms with Crippen molar-refractivity contribution in [1.82, 2.24) is 29.5 Å². The van der Waals surface area contributed by atoms with Crippen LogP contribution in [0.2, 0.25) is 0 Å². The van der Waals surface area contributed by atoms with Gasteiger partial charge in [-0.05, 0) is 44.0 Å². The molecule has 1 spiro atoms. The van der Waals surface area contributed by atoms with E-state index in [0.717, 1.165) is 49.7 Å². The van der Waals surface area contributed by atoms with Gasteiger partial charge in [-0.25, -0.2) is 14.4 Å². The van der Waals surface area contributed by atoms with Gasteiger partial charge in [-0.3, -0.25) is 14.8 Å². The van der Waals surface area contributed by atoms with Crippen LogP contribution in [0.25, 0.3) is 11.4 Å². The molecule has 0 aliphatic carbocycles. The number of ether oxygens (including phenoxy) is 1. The van der Waals surface area contributed by atoms with Crippen LogP contribution in [-0.2, 0) is 33.0 Å². The van der Waals surface area contributed by atoms with E-state index in [1.165, 1.54) is 16.9 Å². The summed E-state index contributed by atoms with van der Waals surface area (Å²) < 4.78 is 70.8. The van der Waals surface area contributed by atoms with Crippen LogP contribution in [0.5, 0.6) is 0 Å². The topological polar surface area (TPSA) is 151 Å². The van der Waals surface area contributed by atoms with Gasteiger partial charge >= 0.3 is 30.4 Å². The second-order valence-corrected chi connectivity index (χ2v) is 11.3. The Morgan fingerprint density at radius 1 is 1.00 bits per heavy atom. The number of thiophene rings is 1. The number of methoxy groups -OCH3 is 1. The van der Waals surface area contributed by atoms with Gasteiger partial charge < -0.3 is 19.5 Å². The fraction of sp³-hybridized carbons (Fsp3) is 0.462. The van der Waals surface area contributed by atoms with E-state index in [2.05, 4.69) is 43.7 Å². The van der Waals surface area contributed by atoms with E-state index in [0.29, 0.717) is 13.1 Å². The molecule has 3 aromatic heterocycles. The number of alkyl halides is 6. The summed E-state index contributed by atoms with van der Waals surface area (Å²) in [5.74, 6) is -3.88. The summed E-state index contributed by atoms with van der Waals surface area (Å²) in [5, 5.41) is 23.2. The number of hydrogen-bond acceptors (Lipinski definition) is 9. The SMILES string of the molecule is COC(=O)N1Cc2nnc(-c3cccnc3)n2C2(CCN(Cc3ccc(C)s3)CC2)C1.O=C(O)C(F)(F)F.O=C(O)C(F)(F)F. The molecule has 3 aromatic rings.